The molecule has 31 heavy (non-hydrogen) atoms. The number of rotatable bonds is 8. The highest BCUT2D eigenvalue weighted by molar-refractivity contribution is 5.72. The Kier molecular flexibility index (Phi) is 10.7. The number of carbonyl (C=O) groups is 1. The van der Waals surface area contributed by atoms with Gasteiger partial charge in [-0.05, 0) is 79.2 Å². The summed E-state index contributed by atoms with van der Waals surface area (Å²) in [5, 5.41) is 17.7. The van der Waals surface area contributed by atoms with Crippen molar-refractivity contribution in [1.82, 2.24) is 0 Å². The Hall–Kier alpha value is -2.23. The second-order valence-electron chi connectivity index (χ2n) is 8.67. The van der Waals surface area contributed by atoms with Gasteiger partial charge in [-0.25, -0.2) is 0 Å². The third-order valence-electron chi connectivity index (χ3n) is 6.12. The average molecular weight is 423 g/mol. The van der Waals surface area contributed by atoms with Crippen molar-refractivity contribution in [2.24, 2.45) is 0 Å². The van der Waals surface area contributed by atoms with E-state index in [-0.39, 0.29) is 18.3 Å². The summed E-state index contributed by atoms with van der Waals surface area (Å²) in [6.45, 7) is 7.42. The molecule has 1 aliphatic carbocycles. The molecule has 3 heteroatoms. The molecule has 0 amide bonds. The first-order valence-electron chi connectivity index (χ1n) is 11.6. The van der Waals surface area contributed by atoms with Crippen LogP contribution < -0.4 is 0 Å². The zero-order valence-electron chi connectivity index (χ0n) is 19.1. The lowest BCUT2D eigenvalue weighted by Crippen LogP contribution is -2.17. The van der Waals surface area contributed by atoms with E-state index >= 15 is 0 Å². The van der Waals surface area contributed by atoms with Gasteiger partial charge < -0.3 is 10.2 Å². The summed E-state index contributed by atoms with van der Waals surface area (Å²) < 4.78 is 0. The maximum Gasteiger partial charge on any atom is 0.147 e. The van der Waals surface area contributed by atoms with Crippen molar-refractivity contribution in [1.29, 1.82) is 0 Å². The Labute approximate surface area is 187 Å². The second kappa shape index (κ2) is 13.2. The maximum absolute atomic E-state index is 9.71. The van der Waals surface area contributed by atoms with E-state index in [2.05, 4.69) is 62.9 Å². The van der Waals surface area contributed by atoms with Crippen molar-refractivity contribution < 1.29 is 15.0 Å². The fourth-order valence-corrected chi connectivity index (χ4v) is 4.14. The molecule has 0 radical (unpaired) electrons. The average Bonchev–Trinajstić information content (AvgIpc) is 2.80. The van der Waals surface area contributed by atoms with Gasteiger partial charge in [-0.3, -0.25) is 4.79 Å². The van der Waals surface area contributed by atoms with Gasteiger partial charge in [0.05, 0.1) is 12.7 Å². The van der Waals surface area contributed by atoms with Crippen LogP contribution in [0.4, 0.5) is 0 Å². The zero-order chi connectivity index (χ0) is 22.6. The van der Waals surface area contributed by atoms with E-state index in [0.717, 1.165) is 25.7 Å². The monoisotopic (exact) mass is 422 g/mol. The van der Waals surface area contributed by atoms with Crippen LogP contribution in [-0.2, 0) is 11.2 Å². The van der Waals surface area contributed by atoms with Crippen molar-refractivity contribution in [3.05, 3.63) is 71.3 Å². The van der Waals surface area contributed by atoms with Crippen molar-refractivity contribution in [2.45, 2.75) is 77.2 Å². The SMILES string of the molecule is C=C(C=O)CO.CCCCCc1ccc(-c2ccc(C3CCC(O)CC3)cc2C)cc1. The predicted octanol–water partition coefficient (Wildman–Crippen LogP) is 6.15. The summed E-state index contributed by atoms with van der Waals surface area (Å²) in [6.07, 6.45) is 9.67. The van der Waals surface area contributed by atoms with Gasteiger partial charge in [0, 0.05) is 5.57 Å². The molecule has 168 valence electrons. The predicted molar refractivity (Wildman–Crippen MR) is 129 cm³/mol. The molecule has 2 aromatic rings. The number of aliphatic hydroxyl groups excluding tert-OH is 2. The highest BCUT2D eigenvalue weighted by Gasteiger charge is 2.21. The zero-order valence-corrected chi connectivity index (χ0v) is 19.1. The van der Waals surface area contributed by atoms with Gasteiger partial charge in [-0.1, -0.05) is 68.8 Å². The smallest absolute Gasteiger partial charge is 0.147 e. The maximum atomic E-state index is 9.71. The van der Waals surface area contributed by atoms with Crippen LogP contribution in [0.15, 0.2) is 54.6 Å². The van der Waals surface area contributed by atoms with Crippen LogP contribution in [-0.4, -0.2) is 29.2 Å². The molecule has 0 aliphatic heterocycles. The first-order valence-corrected chi connectivity index (χ1v) is 11.6. The largest absolute Gasteiger partial charge is 0.393 e. The van der Waals surface area contributed by atoms with Gasteiger partial charge in [0.2, 0.25) is 0 Å². The van der Waals surface area contributed by atoms with E-state index in [1.807, 2.05) is 0 Å². The summed E-state index contributed by atoms with van der Waals surface area (Å²) >= 11 is 0. The topological polar surface area (TPSA) is 57.5 Å². The Morgan fingerprint density at radius 1 is 1.06 bits per heavy atom. The van der Waals surface area contributed by atoms with Crippen molar-refractivity contribution in [3.63, 3.8) is 0 Å². The van der Waals surface area contributed by atoms with Crippen LogP contribution in [0.25, 0.3) is 11.1 Å². The summed E-state index contributed by atoms with van der Waals surface area (Å²) in [6, 6.07) is 16.1. The lowest BCUT2D eigenvalue weighted by molar-refractivity contribution is -0.105. The third-order valence-corrected chi connectivity index (χ3v) is 6.12. The minimum Gasteiger partial charge on any atom is -0.393 e. The Morgan fingerprint density at radius 3 is 2.26 bits per heavy atom. The van der Waals surface area contributed by atoms with Crippen molar-refractivity contribution in [3.8, 4) is 11.1 Å². The molecule has 1 fully saturated rings. The number of unbranched alkanes of at least 4 members (excludes halogenated alkanes) is 2. The summed E-state index contributed by atoms with van der Waals surface area (Å²) in [5.41, 5.74) is 7.15. The van der Waals surface area contributed by atoms with Crippen LogP contribution in [0.2, 0.25) is 0 Å². The van der Waals surface area contributed by atoms with Crippen molar-refractivity contribution in [2.75, 3.05) is 6.61 Å². The van der Waals surface area contributed by atoms with E-state index in [1.54, 1.807) is 0 Å². The number of hydrogen-bond acceptors (Lipinski definition) is 3. The Morgan fingerprint density at radius 2 is 1.74 bits per heavy atom. The fourth-order valence-electron chi connectivity index (χ4n) is 4.14. The molecule has 1 saturated carbocycles. The van der Waals surface area contributed by atoms with Gasteiger partial charge in [-0.15, -0.1) is 0 Å². The lowest BCUT2D eigenvalue weighted by Gasteiger charge is -2.26. The van der Waals surface area contributed by atoms with Crippen LogP contribution in [0, 0.1) is 6.92 Å². The molecule has 0 heterocycles. The molecule has 0 spiro atoms. The molecular formula is C28H38O3. The molecule has 0 bridgehead atoms. The van der Waals surface area contributed by atoms with Crippen LogP contribution in [0.3, 0.4) is 0 Å². The molecule has 0 atom stereocenters. The first kappa shape index (κ1) is 25.0. The van der Waals surface area contributed by atoms with Gasteiger partial charge in [0.1, 0.15) is 6.29 Å². The highest BCUT2D eigenvalue weighted by Crippen LogP contribution is 2.35. The number of benzene rings is 2. The van der Waals surface area contributed by atoms with Gasteiger partial charge >= 0.3 is 0 Å². The number of aldehydes is 1. The van der Waals surface area contributed by atoms with E-state index in [0.29, 0.717) is 12.2 Å². The minimum absolute atomic E-state index is 0.0764. The van der Waals surface area contributed by atoms with Gasteiger partial charge in [-0.2, -0.15) is 0 Å². The quantitative estimate of drug-likeness (QED) is 0.305. The fraction of sp³-hybridized carbons (Fsp3) is 0.464. The summed E-state index contributed by atoms with van der Waals surface area (Å²) in [4.78, 5) is 9.48. The Balaban J connectivity index is 0.000000501. The molecule has 0 saturated heterocycles. The van der Waals surface area contributed by atoms with Gasteiger partial charge in [0.15, 0.2) is 0 Å². The molecule has 0 aromatic heterocycles. The summed E-state index contributed by atoms with van der Waals surface area (Å²) in [5.74, 6) is 0.622. The van der Waals surface area contributed by atoms with E-state index in [4.69, 9.17) is 5.11 Å². The molecule has 0 unspecified atom stereocenters. The highest BCUT2D eigenvalue weighted by atomic mass is 16.3. The van der Waals surface area contributed by atoms with E-state index in [1.165, 1.54) is 53.5 Å². The molecular weight excluding hydrogens is 384 g/mol. The summed E-state index contributed by atoms with van der Waals surface area (Å²) in [7, 11) is 0. The minimum atomic E-state index is -0.233. The molecule has 3 nitrogen and oxygen atoms in total. The van der Waals surface area contributed by atoms with E-state index < -0.39 is 0 Å². The van der Waals surface area contributed by atoms with Gasteiger partial charge in [0.25, 0.3) is 0 Å². The number of aryl methyl sites for hydroxylation is 2. The molecule has 1 aliphatic rings. The molecule has 2 aromatic carbocycles. The molecule has 3 rings (SSSR count). The first-order chi connectivity index (χ1) is 15.0. The normalized spacial score (nSPS) is 18.1. The number of carbonyl (C=O) groups excluding carboxylic acids is 1. The molecule has 2 N–H and O–H groups in total. The third kappa shape index (κ3) is 8.08. The van der Waals surface area contributed by atoms with Crippen LogP contribution >= 0.6 is 0 Å². The van der Waals surface area contributed by atoms with Crippen LogP contribution in [0.5, 0.6) is 0 Å². The lowest BCUT2D eigenvalue weighted by atomic mass is 9.81. The van der Waals surface area contributed by atoms with Crippen molar-refractivity contribution >= 4 is 6.29 Å². The van der Waals surface area contributed by atoms with E-state index in [9.17, 15) is 9.90 Å². The van der Waals surface area contributed by atoms with Crippen LogP contribution in [0.1, 0.15) is 74.5 Å². The number of hydrogen-bond donors (Lipinski definition) is 2. The standard InChI is InChI=1S/C24H32O.C4H6O2/c1-3-4-5-6-19-7-9-21(10-8-19)24-16-13-22(17-18(24)2)20-11-14-23(25)15-12-20;1-4(2-5)3-6/h7-10,13,16-17,20,23,25H,3-6,11-12,14-15H2,1-2H3;2,6H,1,3H2. The Bertz CT molecular complexity index is 815. The second-order valence-corrected chi connectivity index (χ2v) is 8.67. The number of aliphatic hydroxyl groups is 2.